The van der Waals surface area contributed by atoms with Crippen LogP contribution in [0.4, 0.5) is 13.2 Å². The number of carboxylic acids is 1. The van der Waals surface area contributed by atoms with Crippen LogP contribution < -0.4 is 10.6 Å². The van der Waals surface area contributed by atoms with Gasteiger partial charge in [0.1, 0.15) is 0 Å². The van der Waals surface area contributed by atoms with Gasteiger partial charge in [-0.2, -0.15) is 18.3 Å². The average Bonchev–Trinajstić information content (AvgIpc) is 3.46. The number of hydrogen-bond donors (Lipinski definition) is 3. The van der Waals surface area contributed by atoms with Crippen molar-refractivity contribution in [3.63, 3.8) is 0 Å². The first-order valence-corrected chi connectivity index (χ1v) is 9.70. The summed E-state index contributed by atoms with van der Waals surface area (Å²) in [6.07, 6.45) is -0.212. The van der Waals surface area contributed by atoms with Gasteiger partial charge in [0.25, 0.3) is 0 Å². The molecule has 0 spiro atoms. The van der Waals surface area contributed by atoms with Crippen molar-refractivity contribution in [1.82, 2.24) is 20.4 Å². The van der Waals surface area contributed by atoms with Crippen molar-refractivity contribution in [3.05, 3.63) is 84.2 Å². The van der Waals surface area contributed by atoms with E-state index in [-0.39, 0.29) is 5.54 Å². The maximum absolute atomic E-state index is 10.6. The van der Waals surface area contributed by atoms with Crippen LogP contribution in [0.15, 0.2) is 73.1 Å². The number of hydrogen-bond acceptors (Lipinski definition) is 4. The SMILES string of the molecule is O=C(O)C(F)(F)F.c1ccc(C2(NCc3ccc(-n4cccn4)cc3)CCNC2)cc1. The lowest BCUT2D eigenvalue weighted by molar-refractivity contribution is -0.192. The molecule has 0 amide bonds. The van der Waals surface area contributed by atoms with Gasteiger partial charge in [0.15, 0.2) is 0 Å². The van der Waals surface area contributed by atoms with Gasteiger partial charge in [0.05, 0.1) is 11.2 Å². The smallest absolute Gasteiger partial charge is 0.475 e. The quantitative estimate of drug-likeness (QED) is 0.575. The van der Waals surface area contributed by atoms with Crippen molar-refractivity contribution < 1.29 is 23.1 Å². The number of nitrogens with one attached hydrogen (secondary N) is 2. The molecule has 0 bridgehead atoms. The topological polar surface area (TPSA) is 79.2 Å². The minimum Gasteiger partial charge on any atom is -0.475 e. The molecule has 0 saturated carbocycles. The van der Waals surface area contributed by atoms with Gasteiger partial charge >= 0.3 is 12.1 Å². The second-order valence-corrected chi connectivity index (χ2v) is 7.15. The maximum atomic E-state index is 10.6. The molecular formula is C22H23F3N4O2. The highest BCUT2D eigenvalue weighted by Crippen LogP contribution is 2.28. The second kappa shape index (κ2) is 9.76. The van der Waals surface area contributed by atoms with Crippen molar-refractivity contribution in [2.45, 2.75) is 24.7 Å². The first kappa shape index (κ1) is 22.5. The minimum absolute atomic E-state index is 0.0297. The molecule has 4 rings (SSSR count). The number of nitrogens with zero attached hydrogens (tertiary/aromatic N) is 2. The Balaban J connectivity index is 0.000000339. The van der Waals surface area contributed by atoms with Crippen LogP contribution in [0.3, 0.4) is 0 Å². The Morgan fingerprint density at radius 2 is 1.81 bits per heavy atom. The third-order valence-corrected chi connectivity index (χ3v) is 5.06. The van der Waals surface area contributed by atoms with Crippen LogP contribution in [0.5, 0.6) is 0 Å². The van der Waals surface area contributed by atoms with Gasteiger partial charge in [-0.05, 0) is 42.3 Å². The van der Waals surface area contributed by atoms with Gasteiger partial charge in [-0.1, -0.05) is 42.5 Å². The van der Waals surface area contributed by atoms with E-state index in [1.807, 2.05) is 16.9 Å². The lowest BCUT2D eigenvalue weighted by atomic mass is 9.88. The Hall–Kier alpha value is -3.17. The molecule has 2 aromatic carbocycles. The summed E-state index contributed by atoms with van der Waals surface area (Å²) in [4.78, 5) is 8.90. The molecule has 0 aliphatic carbocycles. The number of aromatic nitrogens is 2. The van der Waals surface area contributed by atoms with Crippen LogP contribution in [0.1, 0.15) is 17.5 Å². The summed E-state index contributed by atoms with van der Waals surface area (Å²) in [6.45, 7) is 2.89. The van der Waals surface area contributed by atoms with Crippen LogP contribution in [-0.4, -0.2) is 40.1 Å². The highest BCUT2D eigenvalue weighted by Gasteiger charge is 2.38. The fourth-order valence-corrected chi connectivity index (χ4v) is 3.41. The van der Waals surface area contributed by atoms with Gasteiger partial charge in [-0.3, -0.25) is 0 Å². The number of aliphatic carboxylic acids is 1. The van der Waals surface area contributed by atoms with E-state index in [9.17, 15) is 13.2 Å². The lowest BCUT2D eigenvalue weighted by Crippen LogP contribution is -2.43. The zero-order chi connectivity index (χ0) is 22.3. The Labute approximate surface area is 177 Å². The van der Waals surface area contributed by atoms with Crippen LogP contribution >= 0.6 is 0 Å². The van der Waals surface area contributed by atoms with Crippen molar-refractivity contribution in [2.24, 2.45) is 0 Å². The zero-order valence-corrected chi connectivity index (χ0v) is 16.6. The molecule has 1 aliphatic heterocycles. The van der Waals surface area contributed by atoms with Gasteiger partial charge < -0.3 is 15.7 Å². The summed E-state index contributed by atoms with van der Waals surface area (Å²) in [7, 11) is 0. The Morgan fingerprint density at radius 3 is 2.32 bits per heavy atom. The van der Waals surface area contributed by atoms with Crippen molar-refractivity contribution in [2.75, 3.05) is 13.1 Å². The molecule has 164 valence electrons. The van der Waals surface area contributed by atoms with Crippen molar-refractivity contribution >= 4 is 5.97 Å². The predicted molar refractivity (Wildman–Crippen MR) is 110 cm³/mol. The van der Waals surface area contributed by atoms with Crippen LogP contribution in [0.2, 0.25) is 0 Å². The van der Waals surface area contributed by atoms with Crippen molar-refractivity contribution in [1.29, 1.82) is 0 Å². The number of carboxylic acid groups (broad SMARTS) is 1. The fraction of sp³-hybridized carbons (Fsp3) is 0.273. The number of carbonyl (C=O) groups is 1. The summed E-state index contributed by atoms with van der Waals surface area (Å²) in [6, 6.07) is 21.3. The highest BCUT2D eigenvalue weighted by atomic mass is 19.4. The molecular weight excluding hydrogens is 409 g/mol. The summed E-state index contributed by atoms with van der Waals surface area (Å²) in [5, 5.41) is 18.7. The Bertz CT molecular complexity index is 953. The first-order valence-electron chi connectivity index (χ1n) is 9.70. The molecule has 0 radical (unpaired) electrons. The lowest BCUT2D eigenvalue weighted by Gasteiger charge is -2.30. The summed E-state index contributed by atoms with van der Waals surface area (Å²) >= 11 is 0. The first-order chi connectivity index (χ1) is 14.8. The van der Waals surface area contributed by atoms with E-state index < -0.39 is 12.1 Å². The predicted octanol–water partition coefficient (Wildman–Crippen LogP) is 3.48. The fourth-order valence-electron chi connectivity index (χ4n) is 3.41. The molecule has 2 heterocycles. The zero-order valence-electron chi connectivity index (χ0n) is 16.6. The Morgan fingerprint density at radius 1 is 1.13 bits per heavy atom. The van der Waals surface area contributed by atoms with E-state index in [1.165, 1.54) is 11.1 Å². The molecule has 1 aromatic heterocycles. The molecule has 1 unspecified atom stereocenters. The van der Waals surface area contributed by atoms with Gasteiger partial charge in [-0.25, -0.2) is 9.48 Å². The molecule has 1 fully saturated rings. The molecule has 9 heteroatoms. The number of halogens is 3. The Kier molecular flexibility index (Phi) is 7.09. The van der Waals surface area contributed by atoms with Crippen LogP contribution in [0, 0.1) is 0 Å². The summed E-state index contributed by atoms with van der Waals surface area (Å²) < 4.78 is 33.6. The molecule has 1 aliphatic rings. The average molecular weight is 432 g/mol. The number of benzene rings is 2. The molecule has 6 nitrogen and oxygen atoms in total. The third-order valence-electron chi connectivity index (χ3n) is 5.06. The number of alkyl halides is 3. The molecule has 31 heavy (non-hydrogen) atoms. The molecule has 3 aromatic rings. The van der Waals surface area contributed by atoms with E-state index in [1.54, 1.807) is 6.20 Å². The molecule has 1 atom stereocenters. The van der Waals surface area contributed by atoms with Gasteiger partial charge in [-0.15, -0.1) is 0 Å². The second-order valence-electron chi connectivity index (χ2n) is 7.15. The monoisotopic (exact) mass is 432 g/mol. The number of rotatable bonds is 5. The van der Waals surface area contributed by atoms with E-state index in [0.717, 1.165) is 31.7 Å². The third kappa shape index (κ3) is 5.93. The van der Waals surface area contributed by atoms with Crippen molar-refractivity contribution in [3.8, 4) is 5.69 Å². The van der Waals surface area contributed by atoms with E-state index in [2.05, 4.69) is 70.3 Å². The van der Waals surface area contributed by atoms with E-state index >= 15 is 0 Å². The minimum atomic E-state index is -5.08. The summed E-state index contributed by atoms with van der Waals surface area (Å²) in [5.41, 5.74) is 3.77. The molecule has 1 saturated heterocycles. The van der Waals surface area contributed by atoms with Gasteiger partial charge in [0.2, 0.25) is 0 Å². The molecule has 3 N–H and O–H groups in total. The maximum Gasteiger partial charge on any atom is 0.490 e. The summed E-state index contributed by atoms with van der Waals surface area (Å²) in [5.74, 6) is -2.76. The van der Waals surface area contributed by atoms with Gasteiger partial charge in [0, 0.05) is 25.5 Å². The van der Waals surface area contributed by atoms with Crippen LogP contribution in [0.25, 0.3) is 5.69 Å². The normalized spacial score (nSPS) is 18.3. The van der Waals surface area contributed by atoms with E-state index in [4.69, 9.17) is 9.90 Å². The standard InChI is InChI=1S/C20H22N4.C2HF3O2/c1-2-5-18(6-3-1)20(11-13-21-16-20)22-15-17-7-9-19(10-8-17)24-14-4-12-23-24;3-2(4,5)1(6)7/h1-10,12,14,21-22H,11,13,15-16H2;(H,6,7). The van der Waals surface area contributed by atoms with Crippen LogP contribution in [-0.2, 0) is 16.9 Å². The largest absolute Gasteiger partial charge is 0.490 e. The highest BCUT2D eigenvalue weighted by molar-refractivity contribution is 5.73. The van der Waals surface area contributed by atoms with E-state index in [0.29, 0.717) is 0 Å².